The van der Waals surface area contributed by atoms with Gasteiger partial charge in [0.2, 0.25) is 10.0 Å². The SMILES string of the molecule is CCc1cnc(NC(=O)N2CCCC(CS(N)(=O)=O)C2)s1. The van der Waals surface area contributed by atoms with E-state index >= 15 is 0 Å². The monoisotopic (exact) mass is 332 g/mol. The summed E-state index contributed by atoms with van der Waals surface area (Å²) in [4.78, 5) is 19.1. The van der Waals surface area contributed by atoms with E-state index in [0.29, 0.717) is 18.2 Å². The Morgan fingerprint density at radius 1 is 1.62 bits per heavy atom. The molecule has 0 spiro atoms. The van der Waals surface area contributed by atoms with Crippen LogP contribution in [0.5, 0.6) is 0 Å². The Bertz CT molecular complexity index is 599. The van der Waals surface area contributed by atoms with E-state index in [1.807, 2.05) is 6.92 Å². The second-order valence-electron chi connectivity index (χ2n) is 5.20. The number of nitrogens with zero attached hydrogens (tertiary/aromatic N) is 2. The second kappa shape index (κ2) is 6.71. The lowest BCUT2D eigenvalue weighted by Gasteiger charge is -2.32. The fourth-order valence-corrected chi connectivity index (χ4v) is 4.08. The maximum absolute atomic E-state index is 12.2. The van der Waals surface area contributed by atoms with Gasteiger partial charge in [0.1, 0.15) is 0 Å². The normalized spacial score (nSPS) is 19.5. The molecule has 7 nitrogen and oxygen atoms in total. The number of likely N-dealkylation sites (tertiary alicyclic amines) is 1. The molecule has 0 aliphatic carbocycles. The predicted molar refractivity (Wildman–Crippen MR) is 82.8 cm³/mol. The molecule has 1 atom stereocenters. The molecule has 1 aliphatic rings. The van der Waals surface area contributed by atoms with Gasteiger partial charge in [-0.1, -0.05) is 6.92 Å². The molecule has 1 aromatic rings. The number of nitrogens with two attached hydrogens (primary N) is 1. The first-order valence-corrected chi connectivity index (χ1v) is 9.41. The number of aryl methyl sites for hydroxylation is 1. The number of carbonyl (C=O) groups excluding carboxylic acids is 1. The van der Waals surface area contributed by atoms with Crippen LogP contribution in [0, 0.1) is 5.92 Å². The Morgan fingerprint density at radius 2 is 2.38 bits per heavy atom. The van der Waals surface area contributed by atoms with Gasteiger partial charge < -0.3 is 4.90 Å². The smallest absolute Gasteiger partial charge is 0.323 e. The molecule has 0 saturated carbocycles. The minimum absolute atomic E-state index is 0.0754. The summed E-state index contributed by atoms with van der Waals surface area (Å²) < 4.78 is 22.3. The molecule has 2 heterocycles. The van der Waals surface area contributed by atoms with Gasteiger partial charge in [-0.15, -0.1) is 11.3 Å². The summed E-state index contributed by atoms with van der Waals surface area (Å²) in [6.45, 7) is 3.06. The van der Waals surface area contributed by atoms with Gasteiger partial charge in [-0.3, -0.25) is 5.32 Å². The second-order valence-corrected chi connectivity index (χ2v) is 7.97. The van der Waals surface area contributed by atoms with Crippen molar-refractivity contribution in [1.82, 2.24) is 9.88 Å². The number of carbonyl (C=O) groups is 1. The Kier molecular flexibility index (Phi) is 5.17. The summed E-state index contributed by atoms with van der Waals surface area (Å²) in [6, 6.07) is -0.230. The third kappa shape index (κ3) is 4.94. The third-order valence-corrected chi connectivity index (χ3v) is 5.38. The van der Waals surface area contributed by atoms with Crippen LogP contribution >= 0.6 is 11.3 Å². The van der Waals surface area contributed by atoms with Crippen LogP contribution in [0.15, 0.2) is 6.20 Å². The maximum Gasteiger partial charge on any atom is 0.323 e. The standard InChI is InChI=1S/C12H20N4O3S2/c1-2-10-6-14-11(20-10)15-12(17)16-5-3-4-9(7-16)8-21(13,18)19/h6,9H,2-5,7-8H2,1H3,(H2,13,18,19)(H,14,15,17). The van der Waals surface area contributed by atoms with Gasteiger partial charge in [-0.2, -0.15) is 0 Å². The number of piperidine rings is 1. The molecule has 21 heavy (non-hydrogen) atoms. The molecule has 0 bridgehead atoms. The topological polar surface area (TPSA) is 105 Å². The molecular weight excluding hydrogens is 312 g/mol. The van der Waals surface area contributed by atoms with Crippen molar-refractivity contribution in [3.63, 3.8) is 0 Å². The van der Waals surface area contributed by atoms with E-state index in [2.05, 4.69) is 10.3 Å². The van der Waals surface area contributed by atoms with Crippen molar-refractivity contribution in [2.45, 2.75) is 26.2 Å². The van der Waals surface area contributed by atoms with E-state index in [9.17, 15) is 13.2 Å². The number of amides is 2. The van der Waals surface area contributed by atoms with E-state index in [0.717, 1.165) is 24.1 Å². The molecule has 1 fully saturated rings. The van der Waals surface area contributed by atoms with Crippen molar-refractivity contribution < 1.29 is 13.2 Å². The Hall–Kier alpha value is -1.19. The molecule has 9 heteroatoms. The first-order valence-electron chi connectivity index (χ1n) is 6.88. The van der Waals surface area contributed by atoms with Crippen molar-refractivity contribution in [2.75, 3.05) is 24.2 Å². The number of rotatable bonds is 4. The summed E-state index contributed by atoms with van der Waals surface area (Å²) in [5, 5.41) is 8.41. The summed E-state index contributed by atoms with van der Waals surface area (Å²) in [6.07, 6.45) is 4.19. The molecule has 1 aliphatic heterocycles. The molecule has 1 unspecified atom stereocenters. The van der Waals surface area contributed by atoms with Gasteiger partial charge in [-0.25, -0.2) is 23.3 Å². The largest absolute Gasteiger partial charge is 0.324 e. The highest BCUT2D eigenvalue weighted by molar-refractivity contribution is 7.89. The number of hydrogen-bond acceptors (Lipinski definition) is 5. The number of thiazole rings is 1. The Balaban J connectivity index is 1.92. The molecule has 2 rings (SSSR count). The van der Waals surface area contributed by atoms with Gasteiger partial charge in [0.15, 0.2) is 5.13 Å². The van der Waals surface area contributed by atoms with Crippen LogP contribution in [0.3, 0.4) is 0 Å². The van der Waals surface area contributed by atoms with Crippen LogP contribution in [0.1, 0.15) is 24.6 Å². The molecule has 0 radical (unpaired) electrons. The van der Waals surface area contributed by atoms with Crippen molar-refractivity contribution in [3.8, 4) is 0 Å². The molecular formula is C12H20N4O3S2. The lowest BCUT2D eigenvalue weighted by atomic mass is 10.0. The van der Waals surface area contributed by atoms with Gasteiger partial charge in [0.05, 0.1) is 5.75 Å². The summed E-state index contributed by atoms with van der Waals surface area (Å²) >= 11 is 1.45. The van der Waals surface area contributed by atoms with Crippen molar-refractivity contribution in [3.05, 3.63) is 11.1 Å². The maximum atomic E-state index is 12.2. The number of urea groups is 1. The van der Waals surface area contributed by atoms with Crippen molar-refractivity contribution in [2.24, 2.45) is 11.1 Å². The van der Waals surface area contributed by atoms with E-state index in [-0.39, 0.29) is 17.7 Å². The minimum Gasteiger partial charge on any atom is -0.324 e. The van der Waals surface area contributed by atoms with Gasteiger partial charge in [0.25, 0.3) is 0 Å². The highest BCUT2D eigenvalue weighted by Crippen LogP contribution is 2.21. The first kappa shape index (κ1) is 16.2. The number of aromatic nitrogens is 1. The van der Waals surface area contributed by atoms with Crippen LogP contribution in [0.2, 0.25) is 0 Å². The van der Waals surface area contributed by atoms with Crippen LogP contribution in [-0.2, 0) is 16.4 Å². The quantitative estimate of drug-likeness (QED) is 0.865. The van der Waals surface area contributed by atoms with Crippen molar-refractivity contribution >= 4 is 32.5 Å². The zero-order chi connectivity index (χ0) is 15.5. The molecule has 2 amide bonds. The highest BCUT2D eigenvalue weighted by atomic mass is 32.2. The first-order chi connectivity index (χ1) is 9.87. The molecule has 118 valence electrons. The number of hydrogen-bond donors (Lipinski definition) is 2. The third-order valence-electron chi connectivity index (χ3n) is 3.39. The molecule has 3 N–H and O–H groups in total. The van der Waals surface area contributed by atoms with Gasteiger partial charge >= 0.3 is 6.03 Å². The number of nitrogens with one attached hydrogen (secondary N) is 1. The van der Waals surface area contributed by atoms with E-state index < -0.39 is 10.0 Å². The van der Waals surface area contributed by atoms with Gasteiger partial charge in [-0.05, 0) is 25.2 Å². The fourth-order valence-electron chi connectivity index (χ4n) is 2.41. The Labute approximate surface area is 128 Å². The van der Waals surface area contributed by atoms with Crippen LogP contribution < -0.4 is 10.5 Å². The average molecular weight is 332 g/mol. The van der Waals surface area contributed by atoms with Crippen LogP contribution in [0.4, 0.5) is 9.93 Å². The van der Waals surface area contributed by atoms with Crippen LogP contribution in [-0.4, -0.2) is 43.2 Å². The van der Waals surface area contributed by atoms with E-state index in [1.54, 1.807) is 11.1 Å². The van der Waals surface area contributed by atoms with E-state index in [4.69, 9.17) is 5.14 Å². The zero-order valence-corrected chi connectivity index (χ0v) is 13.5. The van der Waals surface area contributed by atoms with Crippen LogP contribution in [0.25, 0.3) is 0 Å². The highest BCUT2D eigenvalue weighted by Gasteiger charge is 2.26. The average Bonchev–Trinajstić information content (AvgIpc) is 2.84. The fraction of sp³-hybridized carbons (Fsp3) is 0.667. The predicted octanol–water partition coefficient (Wildman–Crippen LogP) is 1.24. The molecule has 0 aromatic carbocycles. The summed E-state index contributed by atoms with van der Waals surface area (Å²) in [7, 11) is -3.50. The van der Waals surface area contributed by atoms with Crippen molar-refractivity contribution in [1.29, 1.82) is 0 Å². The lowest BCUT2D eigenvalue weighted by molar-refractivity contribution is 0.183. The summed E-state index contributed by atoms with van der Waals surface area (Å²) in [5.74, 6) is -0.171. The van der Waals surface area contributed by atoms with E-state index in [1.165, 1.54) is 11.3 Å². The minimum atomic E-state index is -3.50. The molecule has 1 saturated heterocycles. The number of anilines is 1. The Morgan fingerprint density at radius 3 is 3.00 bits per heavy atom. The number of primary sulfonamides is 1. The zero-order valence-electron chi connectivity index (χ0n) is 11.9. The lowest BCUT2D eigenvalue weighted by Crippen LogP contribution is -2.44. The summed E-state index contributed by atoms with van der Waals surface area (Å²) in [5.41, 5.74) is 0. The van der Waals surface area contributed by atoms with Gasteiger partial charge in [0, 0.05) is 24.2 Å². The number of sulfonamides is 1. The molecule has 1 aromatic heterocycles.